The summed E-state index contributed by atoms with van der Waals surface area (Å²) < 4.78 is 0. The van der Waals surface area contributed by atoms with Crippen molar-refractivity contribution >= 4 is 54.1 Å². The van der Waals surface area contributed by atoms with Crippen LogP contribution in [0.3, 0.4) is 0 Å². The zero-order valence-electron chi connectivity index (χ0n) is 22.9. The van der Waals surface area contributed by atoms with E-state index in [0.29, 0.717) is 0 Å². The summed E-state index contributed by atoms with van der Waals surface area (Å²) in [5, 5.41) is 10.0. The van der Waals surface area contributed by atoms with E-state index in [0.717, 1.165) is 32.9 Å². The molecule has 0 saturated heterocycles. The van der Waals surface area contributed by atoms with Crippen LogP contribution in [-0.4, -0.2) is 9.97 Å². The number of hydrogen-bond acceptors (Lipinski definition) is 2. The second kappa shape index (κ2) is 8.34. The Balaban J connectivity index is 1.51. The van der Waals surface area contributed by atoms with Gasteiger partial charge in [-0.25, -0.2) is 0 Å². The highest BCUT2D eigenvalue weighted by Crippen LogP contribution is 2.45. The molecule has 0 bridgehead atoms. The van der Waals surface area contributed by atoms with Gasteiger partial charge in [-0.3, -0.25) is 9.97 Å². The molecule has 2 heterocycles. The van der Waals surface area contributed by atoms with E-state index in [1.165, 1.54) is 49.0 Å². The van der Waals surface area contributed by atoms with E-state index in [4.69, 9.17) is 9.97 Å². The smallest absolute Gasteiger partial charge is 0.0702 e. The van der Waals surface area contributed by atoms with Crippen molar-refractivity contribution in [1.82, 2.24) is 9.97 Å². The summed E-state index contributed by atoms with van der Waals surface area (Å²) in [6, 6.07) is 37.5. The summed E-state index contributed by atoms with van der Waals surface area (Å²) in [7, 11) is 0. The molecule has 8 rings (SSSR count). The largest absolute Gasteiger partial charge is 0.256 e. The lowest BCUT2D eigenvalue weighted by atomic mass is 9.81. The van der Waals surface area contributed by atoms with Crippen LogP contribution in [0, 0.1) is 0 Å². The second-order valence-electron chi connectivity index (χ2n) is 12.0. The molecule has 0 saturated carbocycles. The maximum Gasteiger partial charge on any atom is 0.0702 e. The summed E-state index contributed by atoms with van der Waals surface area (Å²) in [6.07, 6.45) is 4.04. The third kappa shape index (κ3) is 3.49. The third-order valence-corrected chi connectivity index (χ3v) is 8.39. The highest BCUT2D eigenvalue weighted by Gasteiger charge is 2.20. The maximum absolute atomic E-state index is 4.84. The molecule has 8 aromatic rings. The van der Waals surface area contributed by atoms with Crippen LogP contribution >= 0.6 is 0 Å². The van der Waals surface area contributed by atoms with Gasteiger partial charge in [0.2, 0.25) is 0 Å². The molecule has 0 unspecified atom stereocenters. The molecule has 2 heteroatoms. The first-order valence-corrected chi connectivity index (χ1v) is 13.9. The highest BCUT2D eigenvalue weighted by molar-refractivity contribution is 6.28. The Labute approximate surface area is 233 Å². The van der Waals surface area contributed by atoms with Crippen molar-refractivity contribution in [3.63, 3.8) is 0 Å². The second-order valence-corrected chi connectivity index (χ2v) is 12.0. The molecule has 0 aliphatic carbocycles. The molecule has 2 aromatic heterocycles. The van der Waals surface area contributed by atoms with E-state index < -0.39 is 0 Å². The minimum Gasteiger partial charge on any atom is -0.256 e. The third-order valence-electron chi connectivity index (χ3n) is 8.39. The summed E-state index contributed by atoms with van der Waals surface area (Å²) >= 11 is 0. The lowest BCUT2D eigenvalue weighted by Gasteiger charge is -2.23. The van der Waals surface area contributed by atoms with Crippen LogP contribution in [0.4, 0.5) is 0 Å². The van der Waals surface area contributed by atoms with Crippen molar-refractivity contribution in [2.24, 2.45) is 0 Å². The molecule has 6 aromatic carbocycles. The number of fused-ring (bicyclic) bond motifs is 2. The Hall–Kier alpha value is -4.82. The van der Waals surface area contributed by atoms with Gasteiger partial charge < -0.3 is 0 Å². The number of rotatable bonds is 2. The molecule has 0 atom stereocenters. The van der Waals surface area contributed by atoms with E-state index >= 15 is 0 Å². The normalized spacial score (nSPS) is 12.4. The zero-order chi connectivity index (χ0) is 27.0. The van der Waals surface area contributed by atoms with Gasteiger partial charge in [-0.15, -0.1) is 0 Å². The summed E-state index contributed by atoms with van der Waals surface area (Å²) in [5.74, 6) is 0. The van der Waals surface area contributed by atoms with E-state index in [2.05, 4.69) is 112 Å². The van der Waals surface area contributed by atoms with Gasteiger partial charge in [-0.1, -0.05) is 93.6 Å². The van der Waals surface area contributed by atoms with Crippen molar-refractivity contribution in [1.29, 1.82) is 0 Å². The van der Waals surface area contributed by atoms with Gasteiger partial charge in [0, 0.05) is 34.3 Å². The molecule has 40 heavy (non-hydrogen) atoms. The van der Waals surface area contributed by atoms with Crippen molar-refractivity contribution in [2.75, 3.05) is 0 Å². The van der Waals surface area contributed by atoms with Gasteiger partial charge in [0.05, 0.1) is 11.0 Å². The number of nitrogens with zero attached hydrogens (tertiary/aromatic N) is 2. The number of benzene rings is 6. The zero-order valence-corrected chi connectivity index (χ0v) is 22.9. The number of aromatic nitrogens is 2. The highest BCUT2D eigenvalue weighted by atomic mass is 14.7. The van der Waals surface area contributed by atoms with Gasteiger partial charge in [-0.2, -0.15) is 0 Å². The van der Waals surface area contributed by atoms with Crippen molar-refractivity contribution in [3.05, 3.63) is 121 Å². The van der Waals surface area contributed by atoms with E-state index in [9.17, 15) is 0 Å². The molecule has 0 fully saturated rings. The van der Waals surface area contributed by atoms with Gasteiger partial charge in [0.1, 0.15) is 0 Å². The fourth-order valence-corrected chi connectivity index (χ4v) is 6.26. The van der Waals surface area contributed by atoms with Crippen LogP contribution in [0.1, 0.15) is 26.3 Å². The van der Waals surface area contributed by atoms with Crippen LogP contribution in [0.15, 0.2) is 116 Å². The number of pyridine rings is 2. The first kappa shape index (κ1) is 23.1. The SMILES string of the molecule is CC(C)(C)c1cc2ccc3c(-c4cnc5ccccc5c4)cc(-c4cnc5ccccc5c4)c4ccc(c1)c2c34. The standard InChI is InChI=1S/C38H28N2/c1-38(2,3)29-18-25-12-14-30-32(27-16-23-8-4-6-10-34(23)39-21-27)20-33(31-15-13-26(19-29)36(25)37(30)31)28-17-24-9-5-7-11-35(24)40-22-28/h4-22H,1-3H3. The predicted octanol–water partition coefficient (Wildman–Crippen LogP) is 10.3. The van der Waals surface area contributed by atoms with Crippen LogP contribution < -0.4 is 0 Å². The molecule has 0 N–H and O–H groups in total. The first-order chi connectivity index (χ1) is 19.4. The Morgan fingerprint density at radius 1 is 0.475 bits per heavy atom. The molecule has 0 radical (unpaired) electrons. The van der Waals surface area contributed by atoms with Crippen LogP contribution in [0.2, 0.25) is 0 Å². The van der Waals surface area contributed by atoms with Crippen LogP contribution in [0.25, 0.3) is 76.4 Å². The Bertz CT molecular complexity index is 2110. The fraction of sp³-hybridized carbons (Fsp3) is 0.105. The minimum absolute atomic E-state index is 0.0777. The van der Waals surface area contributed by atoms with E-state index in [-0.39, 0.29) is 5.41 Å². The Morgan fingerprint density at radius 2 is 0.975 bits per heavy atom. The van der Waals surface area contributed by atoms with Crippen molar-refractivity contribution in [3.8, 4) is 22.3 Å². The monoisotopic (exact) mass is 512 g/mol. The molecule has 2 nitrogen and oxygen atoms in total. The quantitative estimate of drug-likeness (QED) is 0.215. The Morgan fingerprint density at radius 3 is 1.48 bits per heavy atom. The van der Waals surface area contributed by atoms with Crippen LogP contribution in [-0.2, 0) is 5.41 Å². The number of para-hydroxylation sites is 2. The summed E-state index contributed by atoms with van der Waals surface area (Å²) in [5.41, 5.74) is 8.11. The Kier molecular flexibility index (Phi) is 4.82. The van der Waals surface area contributed by atoms with Crippen molar-refractivity contribution < 1.29 is 0 Å². The minimum atomic E-state index is 0.0777. The van der Waals surface area contributed by atoms with Crippen molar-refractivity contribution in [2.45, 2.75) is 26.2 Å². The van der Waals surface area contributed by atoms with Gasteiger partial charge in [-0.05, 0) is 84.8 Å². The molecular weight excluding hydrogens is 484 g/mol. The van der Waals surface area contributed by atoms with Gasteiger partial charge in [0.15, 0.2) is 0 Å². The summed E-state index contributed by atoms with van der Waals surface area (Å²) in [4.78, 5) is 9.67. The summed E-state index contributed by atoms with van der Waals surface area (Å²) in [6.45, 7) is 6.86. The molecule has 190 valence electrons. The average molecular weight is 513 g/mol. The molecule has 0 amide bonds. The van der Waals surface area contributed by atoms with E-state index in [1.807, 2.05) is 24.5 Å². The van der Waals surface area contributed by atoms with E-state index in [1.54, 1.807) is 0 Å². The molecule has 0 aliphatic heterocycles. The van der Waals surface area contributed by atoms with Crippen LogP contribution in [0.5, 0.6) is 0 Å². The lowest BCUT2D eigenvalue weighted by molar-refractivity contribution is 0.591. The molecule has 0 aliphatic rings. The topological polar surface area (TPSA) is 25.8 Å². The predicted molar refractivity (Wildman–Crippen MR) is 170 cm³/mol. The van der Waals surface area contributed by atoms with Gasteiger partial charge in [0.25, 0.3) is 0 Å². The number of hydrogen-bond donors (Lipinski definition) is 0. The fourth-order valence-electron chi connectivity index (χ4n) is 6.26. The average Bonchev–Trinajstić information content (AvgIpc) is 2.98. The maximum atomic E-state index is 4.84. The van der Waals surface area contributed by atoms with Gasteiger partial charge >= 0.3 is 0 Å². The lowest BCUT2D eigenvalue weighted by Crippen LogP contribution is -2.10. The first-order valence-electron chi connectivity index (χ1n) is 13.9. The molecule has 0 spiro atoms. The molecular formula is C38H28N2.